The van der Waals surface area contributed by atoms with Gasteiger partial charge in [0.15, 0.2) is 0 Å². The molecular formula is C21H16BrN3O3. The molecule has 0 saturated heterocycles. The summed E-state index contributed by atoms with van der Waals surface area (Å²) in [6.07, 6.45) is 1.40. The largest absolute Gasteiger partial charge is 0.496 e. The first-order valence-electron chi connectivity index (χ1n) is 8.33. The molecule has 0 spiro atoms. The van der Waals surface area contributed by atoms with Crippen molar-refractivity contribution in [1.29, 1.82) is 5.26 Å². The van der Waals surface area contributed by atoms with Crippen molar-refractivity contribution in [2.24, 2.45) is 0 Å². The fraction of sp³-hybridized carbons (Fsp3) is 0.0952. The van der Waals surface area contributed by atoms with Gasteiger partial charge in [-0.15, -0.1) is 0 Å². The summed E-state index contributed by atoms with van der Waals surface area (Å²) >= 11 is 3.38. The molecule has 1 unspecified atom stereocenters. The van der Waals surface area contributed by atoms with E-state index in [1.807, 2.05) is 18.2 Å². The maximum atomic E-state index is 12.5. The summed E-state index contributed by atoms with van der Waals surface area (Å²) in [5, 5.41) is 12.1. The smallest absolute Gasteiger partial charge is 0.254 e. The van der Waals surface area contributed by atoms with Crippen molar-refractivity contribution < 1.29 is 14.3 Å². The number of aromatic nitrogens is 1. The van der Waals surface area contributed by atoms with Crippen LogP contribution in [-0.4, -0.2) is 18.0 Å². The quantitative estimate of drug-likeness (QED) is 0.606. The topological polar surface area (TPSA) is 84.2 Å². The SMILES string of the molecule is COc1ccccc1C(C#N)NC(=O)c1ccc(Oc2cccc(Br)c2)nc1. The number of hydrogen-bond acceptors (Lipinski definition) is 5. The third kappa shape index (κ3) is 4.67. The van der Waals surface area contributed by atoms with Gasteiger partial charge in [-0.2, -0.15) is 5.26 Å². The lowest BCUT2D eigenvalue weighted by molar-refractivity contribution is 0.0944. The number of para-hydroxylation sites is 1. The standard InChI is InChI=1S/C21H16BrN3O3/c1-27-19-8-3-2-7-17(19)18(12-23)25-21(26)14-9-10-20(24-13-14)28-16-6-4-5-15(22)11-16/h2-11,13,18H,1H3,(H,25,26). The summed E-state index contributed by atoms with van der Waals surface area (Å²) in [6.45, 7) is 0. The second-order valence-corrected chi connectivity index (χ2v) is 6.64. The van der Waals surface area contributed by atoms with Crippen LogP contribution >= 0.6 is 15.9 Å². The van der Waals surface area contributed by atoms with Gasteiger partial charge in [0.25, 0.3) is 5.91 Å². The highest BCUT2D eigenvalue weighted by Crippen LogP contribution is 2.25. The number of rotatable bonds is 6. The number of pyridine rings is 1. The summed E-state index contributed by atoms with van der Waals surface area (Å²) < 4.78 is 11.8. The third-order valence-corrected chi connectivity index (χ3v) is 4.36. The normalized spacial score (nSPS) is 11.2. The number of benzene rings is 2. The van der Waals surface area contributed by atoms with Crippen molar-refractivity contribution >= 4 is 21.8 Å². The molecule has 140 valence electrons. The Morgan fingerprint density at radius 2 is 2.00 bits per heavy atom. The molecule has 0 aliphatic carbocycles. The third-order valence-electron chi connectivity index (χ3n) is 3.87. The predicted octanol–water partition coefficient (Wildman–Crippen LogP) is 4.64. The Kier molecular flexibility index (Phi) is 6.25. The van der Waals surface area contributed by atoms with Gasteiger partial charge in [0, 0.05) is 22.3 Å². The highest BCUT2D eigenvalue weighted by Gasteiger charge is 2.19. The number of nitriles is 1. The minimum atomic E-state index is -0.846. The second kappa shape index (κ2) is 9.02. The van der Waals surface area contributed by atoms with Crippen molar-refractivity contribution in [3.8, 4) is 23.4 Å². The Bertz CT molecular complexity index is 1020. The molecule has 6 nitrogen and oxygen atoms in total. The average Bonchev–Trinajstić information content (AvgIpc) is 2.72. The van der Waals surface area contributed by atoms with E-state index in [0.717, 1.165) is 4.47 Å². The molecule has 1 heterocycles. The number of carbonyl (C=O) groups is 1. The second-order valence-electron chi connectivity index (χ2n) is 5.72. The van der Waals surface area contributed by atoms with Crippen LogP contribution in [0.15, 0.2) is 71.3 Å². The number of amides is 1. The van der Waals surface area contributed by atoms with Gasteiger partial charge in [0.05, 0.1) is 18.7 Å². The van der Waals surface area contributed by atoms with E-state index < -0.39 is 11.9 Å². The molecule has 3 rings (SSSR count). The van der Waals surface area contributed by atoms with Gasteiger partial charge in [-0.25, -0.2) is 4.98 Å². The Morgan fingerprint density at radius 3 is 2.68 bits per heavy atom. The van der Waals surface area contributed by atoms with Crippen molar-refractivity contribution in [3.63, 3.8) is 0 Å². The molecule has 1 N–H and O–H groups in total. The van der Waals surface area contributed by atoms with E-state index in [9.17, 15) is 10.1 Å². The van der Waals surface area contributed by atoms with Crippen LogP contribution in [0.3, 0.4) is 0 Å². The number of methoxy groups -OCH3 is 1. The number of nitrogens with one attached hydrogen (secondary N) is 1. The molecule has 3 aromatic rings. The average molecular weight is 438 g/mol. The zero-order chi connectivity index (χ0) is 19.9. The summed E-state index contributed by atoms with van der Waals surface area (Å²) in [5.74, 6) is 1.10. The highest BCUT2D eigenvalue weighted by atomic mass is 79.9. The number of hydrogen-bond donors (Lipinski definition) is 1. The maximum Gasteiger partial charge on any atom is 0.254 e. The fourth-order valence-corrected chi connectivity index (χ4v) is 2.90. The van der Waals surface area contributed by atoms with Crippen LogP contribution in [0.2, 0.25) is 0 Å². The fourth-order valence-electron chi connectivity index (χ4n) is 2.53. The Morgan fingerprint density at radius 1 is 1.18 bits per heavy atom. The van der Waals surface area contributed by atoms with Crippen LogP contribution in [0.25, 0.3) is 0 Å². The summed E-state index contributed by atoms with van der Waals surface area (Å²) in [7, 11) is 1.52. The van der Waals surface area contributed by atoms with Crippen molar-refractivity contribution in [3.05, 3.63) is 82.5 Å². The van der Waals surface area contributed by atoms with E-state index in [-0.39, 0.29) is 0 Å². The van der Waals surface area contributed by atoms with Crippen molar-refractivity contribution in [1.82, 2.24) is 10.3 Å². The van der Waals surface area contributed by atoms with Gasteiger partial charge >= 0.3 is 0 Å². The molecule has 0 saturated carbocycles. The van der Waals surface area contributed by atoms with Gasteiger partial charge in [-0.3, -0.25) is 4.79 Å². The van der Waals surface area contributed by atoms with Gasteiger partial charge in [0.1, 0.15) is 17.5 Å². The predicted molar refractivity (Wildman–Crippen MR) is 107 cm³/mol. The van der Waals surface area contributed by atoms with Gasteiger partial charge in [0.2, 0.25) is 5.88 Å². The van der Waals surface area contributed by atoms with Crippen LogP contribution in [0.4, 0.5) is 0 Å². The van der Waals surface area contributed by atoms with Crippen molar-refractivity contribution in [2.75, 3.05) is 7.11 Å². The summed E-state index contributed by atoms with van der Waals surface area (Å²) in [4.78, 5) is 16.7. The molecule has 1 amide bonds. The summed E-state index contributed by atoms with van der Waals surface area (Å²) in [5.41, 5.74) is 0.903. The van der Waals surface area contributed by atoms with Gasteiger partial charge < -0.3 is 14.8 Å². The van der Waals surface area contributed by atoms with E-state index in [2.05, 4.69) is 32.3 Å². The van der Waals surface area contributed by atoms with Crippen LogP contribution < -0.4 is 14.8 Å². The molecule has 2 aromatic carbocycles. The van der Waals surface area contributed by atoms with E-state index in [4.69, 9.17) is 9.47 Å². The van der Waals surface area contributed by atoms with Crippen LogP contribution in [0, 0.1) is 11.3 Å². The summed E-state index contributed by atoms with van der Waals surface area (Å²) in [6, 6.07) is 18.8. The molecule has 7 heteroatoms. The molecule has 0 aliphatic heterocycles. The zero-order valence-electron chi connectivity index (χ0n) is 14.9. The number of carbonyl (C=O) groups excluding carboxylic acids is 1. The first-order valence-corrected chi connectivity index (χ1v) is 9.13. The lowest BCUT2D eigenvalue weighted by Crippen LogP contribution is -2.28. The monoisotopic (exact) mass is 437 g/mol. The number of nitrogens with zero attached hydrogens (tertiary/aromatic N) is 2. The lowest BCUT2D eigenvalue weighted by Gasteiger charge is -2.15. The molecule has 0 radical (unpaired) electrons. The maximum absolute atomic E-state index is 12.5. The highest BCUT2D eigenvalue weighted by molar-refractivity contribution is 9.10. The lowest BCUT2D eigenvalue weighted by atomic mass is 10.1. The van der Waals surface area contributed by atoms with Gasteiger partial charge in [-0.05, 0) is 30.3 Å². The van der Waals surface area contributed by atoms with E-state index in [1.165, 1.54) is 13.3 Å². The van der Waals surface area contributed by atoms with Crippen LogP contribution in [-0.2, 0) is 0 Å². The Hall–Kier alpha value is -3.37. The van der Waals surface area contributed by atoms with E-state index in [1.54, 1.807) is 42.5 Å². The van der Waals surface area contributed by atoms with E-state index >= 15 is 0 Å². The molecule has 1 aromatic heterocycles. The Balaban J connectivity index is 1.71. The first kappa shape index (κ1) is 19.4. The first-order chi connectivity index (χ1) is 13.6. The minimum Gasteiger partial charge on any atom is -0.496 e. The number of ether oxygens (including phenoxy) is 2. The van der Waals surface area contributed by atoms with Crippen LogP contribution in [0.5, 0.6) is 17.4 Å². The molecule has 28 heavy (non-hydrogen) atoms. The van der Waals surface area contributed by atoms with E-state index in [0.29, 0.717) is 28.5 Å². The molecule has 0 fully saturated rings. The molecule has 0 bridgehead atoms. The molecule has 0 aliphatic rings. The molecule has 1 atom stereocenters. The Labute approximate surface area is 170 Å². The zero-order valence-corrected chi connectivity index (χ0v) is 16.5. The van der Waals surface area contributed by atoms with Crippen LogP contribution in [0.1, 0.15) is 22.0 Å². The molecular weight excluding hydrogens is 422 g/mol. The van der Waals surface area contributed by atoms with Crippen molar-refractivity contribution in [2.45, 2.75) is 6.04 Å². The van der Waals surface area contributed by atoms with Gasteiger partial charge in [-0.1, -0.05) is 40.2 Å². The minimum absolute atomic E-state index is 0.316. The number of halogens is 1.